The van der Waals surface area contributed by atoms with Gasteiger partial charge in [0.25, 0.3) is 5.56 Å². The van der Waals surface area contributed by atoms with Crippen LogP contribution in [-0.4, -0.2) is 44.6 Å². The van der Waals surface area contributed by atoms with Crippen LogP contribution >= 0.6 is 0 Å². The van der Waals surface area contributed by atoms with Gasteiger partial charge in [0.05, 0.1) is 17.6 Å². The second-order valence-corrected chi connectivity index (χ2v) is 12.3. The number of ether oxygens (including phenoxy) is 1. The lowest BCUT2D eigenvalue weighted by Gasteiger charge is -2.66. The Labute approximate surface area is 207 Å². The van der Waals surface area contributed by atoms with E-state index < -0.39 is 5.97 Å². The lowest BCUT2D eigenvalue weighted by molar-refractivity contribution is -0.150. The average molecular weight is 476 g/mol. The first-order valence-corrected chi connectivity index (χ1v) is 14.0. The Kier molecular flexibility index (Phi) is 5.13. The standard InChI is InChI=1S/C29H37N3O3/c1-2-35-28(34)26-27(33)31(25-9-4-3-8-24(25)30-26)23-13-21-6-5-7-22(14-23)32(21)29-15-18-10-19(16-29)12-20(11-18)17-29/h3-4,8-9,18-23H,2,5-7,10-17H2,1H3/t18?,19?,20?,21-,22+,23?,29?. The predicted molar refractivity (Wildman–Crippen MR) is 134 cm³/mol. The van der Waals surface area contributed by atoms with Gasteiger partial charge in [-0.2, -0.15) is 0 Å². The van der Waals surface area contributed by atoms with Gasteiger partial charge >= 0.3 is 5.97 Å². The average Bonchev–Trinajstić information content (AvgIpc) is 2.82. The van der Waals surface area contributed by atoms with E-state index in [1.807, 2.05) is 28.8 Å². The van der Waals surface area contributed by atoms with Crippen molar-refractivity contribution in [2.45, 2.75) is 101 Å². The Morgan fingerprint density at radius 3 is 2.23 bits per heavy atom. The molecule has 0 N–H and O–H groups in total. The molecule has 8 rings (SSSR count). The summed E-state index contributed by atoms with van der Waals surface area (Å²) in [7, 11) is 0. The summed E-state index contributed by atoms with van der Waals surface area (Å²) in [5.74, 6) is 2.22. The minimum atomic E-state index is -0.608. The van der Waals surface area contributed by atoms with Gasteiger partial charge in [0.15, 0.2) is 0 Å². The summed E-state index contributed by atoms with van der Waals surface area (Å²) in [6.45, 7) is 2.00. The molecule has 2 saturated heterocycles. The van der Waals surface area contributed by atoms with E-state index in [1.165, 1.54) is 57.8 Å². The summed E-state index contributed by atoms with van der Waals surface area (Å²) >= 11 is 0. The first-order valence-electron chi connectivity index (χ1n) is 14.0. The van der Waals surface area contributed by atoms with Crippen LogP contribution < -0.4 is 5.56 Å². The summed E-state index contributed by atoms with van der Waals surface area (Å²) in [5, 5.41) is 0. The molecular weight excluding hydrogens is 438 g/mol. The van der Waals surface area contributed by atoms with Crippen LogP contribution in [-0.2, 0) is 4.74 Å². The van der Waals surface area contributed by atoms with Gasteiger partial charge < -0.3 is 9.30 Å². The van der Waals surface area contributed by atoms with Gasteiger partial charge in [0.1, 0.15) is 0 Å². The van der Waals surface area contributed by atoms with Gasteiger partial charge in [-0.1, -0.05) is 18.6 Å². The van der Waals surface area contributed by atoms with Crippen LogP contribution in [0.15, 0.2) is 29.1 Å². The highest BCUT2D eigenvalue weighted by Crippen LogP contribution is 2.60. The van der Waals surface area contributed by atoms with Crippen molar-refractivity contribution in [3.05, 3.63) is 40.3 Å². The molecule has 6 aliphatic rings. The molecular formula is C29H37N3O3. The fraction of sp³-hybridized carbons (Fsp3) is 0.690. The lowest BCUT2D eigenvalue weighted by Crippen LogP contribution is -2.68. The highest BCUT2D eigenvalue weighted by atomic mass is 16.5. The van der Waals surface area contributed by atoms with Crippen molar-refractivity contribution in [1.82, 2.24) is 14.5 Å². The molecule has 4 saturated carbocycles. The van der Waals surface area contributed by atoms with Crippen LogP contribution in [0.2, 0.25) is 0 Å². The van der Waals surface area contributed by atoms with E-state index in [-0.39, 0.29) is 23.9 Å². The number of fused-ring (bicyclic) bond motifs is 3. The molecule has 1 aromatic carbocycles. The van der Waals surface area contributed by atoms with E-state index >= 15 is 0 Å². The normalized spacial score (nSPS) is 38.1. The van der Waals surface area contributed by atoms with Gasteiger partial charge in [-0.3, -0.25) is 9.69 Å². The van der Waals surface area contributed by atoms with Gasteiger partial charge in [-0.05, 0) is 101 Å². The number of carbonyl (C=O) groups is 1. The van der Waals surface area contributed by atoms with Crippen LogP contribution in [0.25, 0.3) is 11.0 Å². The third-order valence-electron chi connectivity index (χ3n) is 10.1. The SMILES string of the molecule is CCOC(=O)c1nc2ccccc2n(C2C[C@H]3CCC[C@@H](C2)N3C23CC4CC(CC(C4)C2)C3)c1=O. The number of hydrogen-bond donors (Lipinski definition) is 0. The molecule has 6 fully saturated rings. The number of piperidine rings is 2. The van der Waals surface area contributed by atoms with Gasteiger partial charge in [-0.25, -0.2) is 9.78 Å². The fourth-order valence-electron chi connectivity index (χ4n) is 9.57. The van der Waals surface area contributed by atoms with Crippen LogP contribution in [0.3, 0.4) is 0 Å². The van der Waals surface area contributed by atoms with Crippen molar-refractivity contribution in [2.24, 2.45) is 17.8 Å². The highest BCUT2D eigenvalue weighted by molar-refractivity contribution is 5.89. The molecule has 35 heavy (non-hydrogen) atoms. The van der Waals surface area contributed by atoms with E-state index in [1.54, 1.807) is 6.92 Å². The number of esters is 1. The van der Waals surface area contributed by atoms with Crippen LogP contribution in [0.1, 0.15) is 94.1 Å². The molecule has 6 heteroatoms. The van der Waals surface area contributed by atoms with Crippen LogP contribution in [0, 0.1) is 17.8 Å². The Balaban J connectivity index is 1.27. The molecule has 1 aromatic heterocycles. The zero-order valence-corrected chi connectivity index (χ0v) is 20.8. The minimum absolute atomic E-state index is 0.0702. The van der Waals surface area contributed by atoms with Crippen molar-refractivity contribution < 1.29 is 9.53 Å². The van der Waals surface area contributed by atoms with Gasteiger partial charge in [0, 0.05) is 23.7 Å². The molecule has 2 aliphatic heterocycles. The monoisotopic (exact) mass is 475 g/mol. The summed E-state index contributed by atoms with van der Waals surface area (Å²) in [6, 6.07) is 8.95. The number of nitrogens with zero attached hydrogens (tertiary/aromatic N) is 3. The first kappa shape index (κ1) is 22.0. The summed E-state index contributed by atoms with van der Waals surface area (Å²) < 4.78 is 7.12. The van der Waals surface area contributed by atoms with E-state index in [4.69, 9.17) is 4.74 Å². The third-order valence-corrected chi connectivity index (χ3v) is 10.1. The number of hydrogen-bond acceptors (Lipinski definition) is 5. The van der Waals surface area contributed by atoms with Crippen molar-refractivity contribution in [2.75, 3.05) is 6.61 Å². The Morgan fingerprint density at radius 1 is 0.971 bits per heavy atom. The number of carbonyl (C=O) groups excluding carboxylic acids is 1. The molecule has 4 aliphatic carbocycles. The predicted octanol–water partition coefficient (Wildman–Crippen LogP) is 5.10. The zero-order chi connectivity index (χ0) is 23.7. The maximum atomic E-state index is 13.7. The van der Waals surface area contributed by atoms with Crippen LogP contribution in [0.5, 0.6) is 0 Å². The number of benzene rings is 1. The topological polar surface area (TPSA) is 64.4 Å². The largest absolute Gasteiger partial charge is 0.461 e. The maximum Gasteiger partial charge on any atom is 0.362 e. The Hall–Kier alpha value is -2.21. The highest BCUT2D eigenvalue weighted by Gasteiger charge is 2.57. The van der Waals surface area contributed by atoms with Crippen molar-refractivity contribution in [3.8, 4) is 0 Å². The molecule has 0 amide bonds. The Bertz CT molecular complexity index is 1170. The van der Waals surface area contributed by atoms with E-state index in [0.717, 1.165) is 36.1 Å². The molecule has 3 heterocycles. The Morgan fingerprint density at radius 2 is 1.60 bits per heavy atom. The van der Waals surface area contributed by atoms with Crippen molar-refractivity contribution in [3.63, 3.8) is 0 Å². The van der Waals surface area contributed by atoms with Gasteiger partial charge in [-0.15, -0.1) is 0 Å². The molecule has 6 bridgehead atoms. The van der Waals surface area contributed by atoms with E-state index in [2.05, 4.69) is 9.88 Å². The van der Waals surface area contributed by atoms with Crippen molar-refractivity contribution >= 4 is 17.0 Å². The fourth-order valence-corrected chi connectivity index (χ4v) is 9.57. The first-order chi connectivity index (χ1) is 17.0. The number of aromatic nitrogens is 2. The van der Waals surface area contributed by atoms with Gasteiger partial charge in [0.2, 0.25) is 5.69 Å². The maximum absolute atomic E-state index is 13.7. The smallest absolute Gasteiger partial charge is 0.362 e. The van der Waals surface area contributed by atoms with Crippen molar-refractivity contribution in [1.29, 1.82) is 0 Å². The molecule has 3 atom stereocenters. The molecule has 0 spiro atoms. The minimum Gasteiger partial charge on any atom is -0.461 e. The number of para-hydroxylation sites is 2. The molecule has 6 nitrogen and oxygen atoms in total. The lowest BCUT2D eigenvalue weighted by atomic mass is 9.51. The second-order valence-electron chi connectivity index (χ2n) is 12.3. The summed E-state index contributed by atoms with van der Waals surface area (Å²) in [5.41, 5.74) is 1.60. The van der Waals surface area contributed by atoms with E-state index in [0.29, 0.717) is 23.1 Å². The third kappa shape index (κ3) is 3.42. The quantitative estimate of drug-likeness (QED) is 0.576. The second kappa shape index (κ2) is 8.16. The molecule has 0 radical (unpaired) electrons. The molecule has 186 valence electrons. The van der Waals surface area contributed by atoms with Crippen LogP contribution in [0.4, 0.5) is 0 Å². The number of rotatable bonds is 4. The van der Waals surface area contributed by atoms with E-state index in [9.17, 15) is 9.59 Å². The zero-order valence-electron chi connectivity index (χ0n) is 20.8. The summed E-state index contributed by atoms with van der Waals surface area (Å²) in [4.78, 5) is 33.8. The summed E-state index contributed by atoms with van der Waals surface area (Å²) in [6.07, 6.45) is 14.4. The molecule has 2 aromatic rings. The molecule has 1 unspecified atom stereocenters.